The van der Waals surface area contributed by atoms with Gasteiger partial charge in [-0.25, -0.2) is 22.7 Å². The van der Waals surface area contributed by atoms with E-state index in [0.29, 0.717) is 12.2 Å². The van der Waals surface area contributed by atoms with Crippen LogP contribution in [0.25, 0.3) is 11.0 Å². The van der Waals surface area contributed by atoms with Crippen LogP contribution >= 0.6 is 11.3 Å². The fourth-order valence-corrected chi connectivity index (χ4v) is 4.57. The van der Waals surface area contributed by atoms with Gasteiger partial charge in [-0.2, -0.15) is 5.10 Å². The molecule has 9 heteroatoms. The summed E-state index contributed by atoms with van der Waals surface area (Å²) in [6.45, 7) is 4.17. The molecule has 0 fully saturated rings. The summed E-state index contributed by atoms with van der Waals surface area (Å²) in [5.41, 5.74) is 1.43. The molecule has 0 amide bonds. The van der Waals surface area contributed by atoms with Crippen molar-refractivity contribution in [1.82, 2.24) is 24.1 Å². The SMILES string of the molecule is Cc1nn(C)c2ncc(S(=O)(=O)N(C)CC(C)c3nccs3)cc12. The maximum Gasteiger partial charge on any atom is 0.244 e. The number of rotatable bonds is 5. The Hall–Kier alpha value is -1.84. The number of likely N-dealkylation sites (N-methyl/N-ethyl adjacent to an activating group) is 1. The third kappa shape index (κ3) is 2.94. The van der Waals surface area contributed by atoms with Gasteiger partial charge in [0.1, 0.15) is 4.90 Å². The van der Waals surface area contributed by atoms with Gasteiger partial charge >= 0.3 is 0 Å². The molecule has 0 aromatic carbocycles. The summed E-state index contributed by atoms with van der Waals surface area (Å²) < 4.78 is 28.7. The van der Waals surface area contributed by atoms with E-state index in [1.54, 1.807) is 31.0 Å². The summed E-state index contributed by atoms with van der Waals surface area (Å²) in [5.74, 6) is 0.0293. The summed E-state index contributed by atoms with van der Waals surface area (Å²) in [5, 5.41) is 7.85. The lowest BCUT2D eigenvalue weighted by Gasteiger charge is -2.20. The highest BCUT2D eigenvalue weighted by Gasteiger charge is 2.25. The van der Waals surface area contributed by atoms with Crippen molar-refractivity contribution < 1.29 is 8.42 Å². The Bertz CT molecular complexity index is 963. The van der Waals surface area contributed by atoms with Crippen molar-refractivity contribution in [3.63, 3.8) is 0 Å². The highest BCUT2D eigenvalue weighted by atomic mass is 32.2. The summed E-state index contributed by atoms with van der Waals surface area (Å²) in [7, 11) is -0.240. The van der Waals surface area contributed by atoms with Crippen LogP contribution in [0.3, 0.4) is 0 Å². The van der Waals surface area contributed by atoms with Gasteiger partial charge in [0.05, 0.1) is 10.7 Å². The molecule has 0 bridgehead atoms. The van der Waals surface area contributed by atoms with Crippen molar-refractivity contribution in [2.24, 2.45) is 7.05 Å². The Kier molecular flexibility index (Phi) is 4.41. The first-order valence-corrected chi connectivity index (χ1v) is 9.77. The van der Waals surface area contributed by atoms with Crippen LogP contribution in [0.2, 0.25) is 0 Å². The van der Waals surface area contributed by atoms with Crippen molar-refractivity contribution in [3.8, 4) is 0 Å². The van der Waals surface area contributed by atoms with Gasteiger partial charge in [0.15, 0.2) is 5.65 Å². The zero-order valence-electron chi connectivity index (χ0n) is 14.0. The Labute approximate surface area is 145 Å². The van der Waals surface area contributed by atoms with Crippen molar-refractivity contribution in [2.45, 2.75) is 24.7 Å². The Morgan fingerprint density at radius 3 is 2.79 bits per heavy atom. The average molecular weight is 365 g/mol. The first kappa shape index (κ1) is 17.0. The fourth-order valence-electron chi connectivity index (χ4n) is 2.65. The summed E-state index contributed by atoms with van der Waals surface area (Å²) in [4.78, 5) is 8.70. The number of aromatic nitrogens is 4. The molecule has 0 radical (unpaired) electrons. The minimum atomic E-state index is -3.61. The molecule has 3 aromatic rings. The zero-order valence-corrected chi connectivity index (χ0v) is 15.6. The van der Waals surface area contributed by atoms with E-state index in [9.17, 15) is 8.42 Å². The molecule has 3 heterocycles. The molecule has 24 heavy (non-hydrogen) atoms. The average Bonchev–Trinajstić information content (AvgIpc) is 3.16. The molecule has 1 unspecified atom stereocenters. The van der Waals surface area contributed by atoms with Crippen molar-refractivity contribution in [2.75, 3.05) is 13.6 Å². The maximum atomic E-state index is 12.8. The third-order valence-electron chi connectivity index (χ3n) is 3.95. The molecular formula is C15H19N5O2S2. The number of fused-ring (bicyclic) bond motifs is 1. The van der Waals surface area contributed by atoms with Crippen LogP contribution in [-0.2, 0) is 17.1 Å². The van der Waals surface area contributed by atoms with Crippen LogP contribution in [-0.4, -0.2) is 46.1 Å². The van der Waals surface area contributed by atoms with Crippen molar-refractivity contribution in [3.05, 3.63) is 34.5 Å². The van der Waals surface area contributed by atoms with E-state index in [2.05, 4.69) is 15.1 Å². The van der Waals surface area contributed by atoms with Gasteiger partial charge < -0.3 is 0 Å². The monoisotopic (exact) mass is 365 g/mol. The largest absolute Gasteiger partial charge is 0.250 e. The fraction of sp³-hybridized carbons (Fsp3) is 0.400. The molecule has 1 atom stereocenters. The van der Waals surface area contributed by atoms with Gasteiger partial charge in [0.2, 0.25) is 10.0 Å². The molecule has 0 aliphatic heterocycles. The number of thiazole rings is 1. The lowest BCUT2D eigenvalue weighted by molar-refractivity contribution is 0.445. The van der Waals surface area contributed by atoms with Gasteiger partial charge in [-0.1, -0.05) is 6.92 Å². The van der Waals surface area contributed by atoms with Crippen LogP contribution in [0.15, 0.2) is 28.7 Å². The van der Waals surface area contributed by atoms with E-state index in [4.69, 9.17) is 0 Å². The highest BCUT2D eigenvalue weighted by molar-refractivity contribution is 7.89. The quantitative estimate of drug-likeness (QED) is 0.692. The van der Waals surface area contributed by atoms with Crippen LogP contribution in [0.1, 0.15) is 23.5 Å². The molecule has 0 saturated heterocycles. The lowest BCUT2D eigenvalue weighted by Crippen LogP contribution is -2.30. The standard InChI is InChI=1S/C15H19N5O2S2/c1-10(15-16-5-6-23-15)9-19(3)24(21,22)12-7-13-11(2)18-20(4)14(13)17-8-12/h5-8,10H,9H2,1-4H3. The number of sulfonamides is 1. The van der Waals surface area contributed by atoms with Gasteiger partial charge in [0, 0.05) is 49.7 Å². The molecular weight excluding hydrogens is 346 g/mol. The molecule has 0 aliphatic carbocycles. The van der Waals surface area contributed by atoms with Crippen molar-refractivity contribution in [1.29, 1.82) is 0 Å². The molecule has 0 N–H and O–H groups in total. The smallest absolute Gasteiger partial charge is 0.244 e. The summed E-state index contributed by atoms with van der Waals surface area (Å²) >= 11 is 1.53. The minimum Gasteiger partial charge on any atom is -0.250 e. The number of aryl methyl sites for hydroxylation is 2. The van der Waals surface area contributed by atoms with Gasteiger partial charge in [-0.15, -0.1) is 11.3 Å². The lowest BCUT2D eigenvalue weighted by atomic mass is 10.2. The predicted molar refractivity (Wildman–Crippen MR) is 93.6 cm³/mol. The molecule has 0 spiro atoms. The third-order valence-corrected chi connectivity index (χ3v) is 6.75. The molecule has 3 rings (SSSR count). The highest BCUT2D eigenvalue weighted by Crippen LogP contribution is 2.24. The first-order chi connectivity index (χ1) is 11.3. The number of hydrogen-bond acceptors (Lipinski definition) is 6. The molecule has 7 nitrogen and oxygen atoms in total. The number of pyridine rings is 1. The van der Waals surface area contributed by atoms with Gasteiger partial charge in [-0.05, 0) is 13.0 Å². The van der Waals surface area contributed by atoms with E-state index in [-0.39, 0.29) is 10.8 Å². The minimum absolute atomic E-state index is 0.0293. The molecule has 128 valence electrons. The normalized spacial score (nSPS) is 13.7. The van der Waals surface area contributed by atoms with E-state index in [0.717, 1.165) is 16.1 Å². The molecule has 3 aromatic heterocycles. The van der Waals surface area contributed by atoms with Crippen LogP contribution < -0.4 is 0 Å². The number of nitrogens with zero attached hydrogens (tertiary/aromatic N) is 5. The predicted octanol–water partition coefficient (Wildman–Crippen LogP) is 2.16. The molecule has 0 saturated carbocycles. The Balaban J connectivity index is 1.90. The summed E-state index contributed by atoms with van der Waals surface area (Å²) in [6, 6.07) is 1.64. The first-order valence-electron chi connectivity index (χ1n) is 7.45. The van der Waals surface area contributed by atoms with Gasteiger partial charge in [-0.3, -0.25) is 4.68 Å². The van der Waals surface area contributed by atoms with Crippen LogP contribution in [0.5, 0.6) is 0 Å². The van der Waals surface area contributed by atoms with E-state index in [1.807, 2.05) is 19.2 Å². The van der Waals surface area contributed by atoms with Crippen molar-refractivity contribution >= 4 is 32.4 Å². The Morgan fingerprint density at radius 2 is 2.12 bits per heavy atom. The van der Waals surface area contributed by atoms with Crippen LogP contribution in [0, 0.1) is 6.92 Å². The number of hydrogen-bond donors (Lipinski definition) is 0. The molecule has 0 aliphatic rings. The second kappa shape index (κ2) is 6.23. The van der Waals surface area contributed by atoms with Gasteiger partial charge in [0.25, 0.3) is 0 Å². The Morgan fingerprint density at radius 1 is 1.38 bits per heavy atom. The van der Waals surface area contributed by atoms with E-state index >= 15 is 0 Å². The van der Waals surface area contributed by atoms with E-state index < -0.39 is 10.0 Å². The second-order valence-electron chi connectivity index (χ2n) is 5.81. The topological polar surface area (TPSA) is 81.0 Å². The second-order valence-corrected chi connectivity index (χ2v) is 8.78. The van der Waals surface area contributed by atoms with E-state index in [1.165, 1.54) is 21.8 Å². The maximum absolute atomic E-state index is 12.8. The van der Waals surface area contributed by atoms with Crippen LogP contribution in [0.4, 0.5) is 0 Å². The summed E-state index contributed by atoms with van der Waals surface area (Å²) in [6.07, 6.45) is 3.12. The zero-order chi connectivity index (χ0) is 17.5.